The van der Waals surface area contributed by atoms with Crippen LogP contribution in [0.1, 0.15) is 54.6 Å². The lowest BCUT2D eigenvalue weighted by atomic mass is 9.99. The lowest BCUT2D eigenvalue weighted by Crippen LogP contribution is -2.41. The summed E-state index contributed by atoms with van der Waals surface area (Å²) in [7, 11) is 1.71. The van der Waals surface area contributed by atoms with E-state index in [1.165, 1.54) is 0 Å². The van der Waals surface area contributed by atoms with E-state index in [1.807, 2.05) is 17.2 Å². The number of likely N-dealkylation sites (tertiary alicyclic amines) is 1. The van der Waals surface area contributed by atoms with E-state index in [0.29, 0.717) is 30.7 Å². The van der Waals surface area contributed by atoms with Gasteiger partial charge >= 0.3 is 0 Å². The Balaban J connectivity index is 1.66. The number of H-pyrrole nitrogens is 1. The Kier molecular flexibility index (Phi) is 5.53. The Bertz CT molecular complexity index is 704. The minimum Gasteiger partial charge on any atom is -0.384 e. The van der Waals surface area contributed by atoms with Crippen molar-refractivity contribution in [1.29, 1.82) is 0 Å². The molecular weight excluding hydrogens is 318 g/mol. The van der Waals surface area contributed by atoms with Gasteiger partial charge in [0.05, 0.1) is 18.8 Å². The van der Waals surface area contributed by atoms with Crippen molar-refractivity contribution in [2.75, 3.05) is 26.8 Å². The molecule has 0 saturated carbocycles. The van der Waals surface area contributed by atoms with Gasteiger partial charge in [0.25, 0.3) is 5.91 Å². The van der Waals surface area contributed by atoms with E-state index in [4.69, 9.17) is 4.74 Å². The zero-order chi connectivity index (χ0) is 17.8. The van der Waals surface area contributed by atoms with Gasteiger partial charge in [-0.25, -0.2) is 4.98 Å². The van der Waals surface area contributed by atoms with Crippen molar-refractivity contribution in [3.63, 3.8) is 0 Å². The van der Waals surface area contributed by atoms with Crippen LogP contribution in [0.2, 0.25) is 0 Å². The Morgan fingerprint density at radius 3 is 3.08 bits per heavy atom. The van der Waals surface area contributed by atoms with Crippen LogP contribution in [0.3, 0.4) is 0 Å². The van der Waals surface area contributed by atoms with Crippen LogP contribution in [0.15, 0.2) is 18.5 Å². The Hall–Kier alpha value is -2.15. The summed E-state index contributed by atoms with van der Waals surface area (Å²) in [6.07, 6.45) is 5.89. The van der Waals surface area contributed by atoms with Crippen LogP contribution in [-0.2, 0) is 11.3 Å². The number of nitrogens with one attached hydrogen (secondary N) is 1. The largest absolute Gasteiger partial charge is 0.384 e. The van der Waals surface area contributed by atoms with Gasteiger partial charge in [0.15, 0.2) is 0 Å². The third-order valence-corrected chi connectivity index (χ3v) is 4.66. The lowest BCUT2D eigenvalue weighted by molar-refractivity contribution is 0.0565. The van der Waals surface area contributed by atoms with Crippen LogP contribution in [0.5, 0.6) is 0 Å². The third-order valence-electron chi connectivity index (χ3n) is 4.66. The van der Waals surface area contributed by atoms with Gasteiger partial charge in [-0.05, 0) is 24.8 Å². The number of ether oxygens (including phenoxy) is 1. The van der Waals surface area contributed by atoms with Crippen LogP contribution in [0.25, 0.3) is 0 Å². The predicted molar refractivity (Wildman–Crippen MR) is 94.5 cm³/mol. The number of nitrogens with zero attached hydrogens (tertiary/aromatic N) is 4. The minimum atomic E-state index is -0.00184. The van der Waals surface area contributed by atoms with Gasteiger partial charge in [0.2, 0.25) is 0 Å². The fourth-order valence-corrected chi connectivity index (χ4v) is 3.47. The summed E-state index contributed by atoms with van der Waals surface area (Å²) in [5.74, 6) is 1.80. The van der Waals surface area contributed by atoms with Crippen LogP contribution < -0.4 is 0 Å². The van der Waals surface area contributed by atoms with Crippen molar-refractivity contribution in [2.45, 2.75) is 39.2 Å². The zero-order valence-corrected chi connectivity index (χ0v) is 15.2. The maximum Gasteiger partial charge on any atom is 0.274 e. The molecule has 0 bridgehead atoms. The maximum atomic E-state index is 12.7. The smallest absolute Gasteiger partial charge is 0.274 e. The standard InChI is InChI=1S/C18H27N5O2/c1-13(2)17-19-6-8-22(17)11-15-9-16(21-20-15)18(24)23-7-4-5-14(10-23)12-25-3/h6,8-9,13-14H,4-5,7,10-12H2,1-3H3,(H,20,21)/t14-/m0/s1. The molecule has 0 radical (unpaired) electrons. The highest BCUT2D eigenvalue weighted by Gasteiger charge is 2.26. The molecule has 1 aliphatic heterocycles. The normalized spacial score (nSPS) is 18.1. The number of aromatic amines is 1. The first-order valence-electron chi connectivity index (χ1n) is 8.92. The molecule has 1 atom stereocenters. The van der Waals surface area contributed by atoms with Crippen LogP contribution in [0.4, 0.5) is 0 Å². The molecule has 0 aromatic carbocycles. The molecule has 2 aromatic rings. The molecule has 0 spiro atoms. The predicted octanol–water partition coefficient (Wildman–Crippen LogP) is 2.28. The summed E-state index contributed by atoms with van der Waals surface area (Å²) in [6, 6.07) is 1.85. The Morgan fingerprint density at radius 1 is 1.48 bits per heavy atom. The SMILES string of the molecule is COC[C@H]1CCCN(C(=O)c2cc(Cn3ccnc3C(C)C)[nH]n2)C1. The molecule has 1 N–H and O–H groups in total. The lowest BCUT2D eigenvalue weighted by Gasteiger charge is -2.31. The molecule has 136 valence electrons. The number of aromatic nitrogens is 4. The molecule has 1 saturated heterocycles. The highest BCUT2D eigenvalue weighted by atomic mass is 16.5. The summed E-state index contributed by atoms with van der Waals surface area (Å²) in [5, 5.41) is 7.23. The van der Waals surface area contributed by atoms with E-state index < -0.39 is 0 Å². The zero-order valence-electron chi connectivity index (χ0n) is 15.2. The van der Waals surface area contributed by atoms with Crippen LogP contribution in [0, 0.1) is 5.92 Å². The van der Waals surface area contributed by atoms with Gasteiger partial charge in [0, 0.05) is 38.5 Å². The number of carbonyl (C=O) groups excluding carboxylic acids is 1. The quantitative estimate of drug-likeness (QED) is 0.871. The molecule has 1 fully saturated rings. The number of imidazole rings is 1. The molecule has 1 amide bonds. The first-order chi connectivity index (χ1) is 12.1. The minimum absolute atomic E-state index is 0.00184. The number of rotatable bonds is 6. The summed E-state index contributed by atoms with van der Waals surface area (Å²) >= 11 is 0. The molecule has 1 aliphatic rings. The number of carbonyl (C=O) groups is 1. The second kappa shape index (κ2) is 7.82. The average molecular weight is 345 g/mol. The van der Waals surface area contributed by atoms with E-state index in [2.05, 4.69) is 33.6 Å². The van der Waals surface area contributed by atoms with Gasteiger partial charge in [-0.3, -0.25) is 9.89 Å². The van der Waals surface area contributed by atoms with Crippen molar-refractivity contribution in [2.24, 2.45) is 5.92 Å². The molecule has 7 heteroatoms. The Labute approximate surface area is 148 Å². The van der Waals surface area contributed by atoms with E-state index in [1.54, 1.807) is 13.3 Å². The number of amides is 1. The molecule has 0 unspecified atom stereocenters. The molecule has 3 heterocycles. The summed E-state index contributed by atoms with van der Waals surface area (Å²) in [5.41, 5.74) is 1.40. The van der Waals surface area contributed by atoms with E-state index in [0.717, 1.165) is 37.4 Å². The van der Waals surface area contributed by atoms with Gasteiger partial charge in [0.1, 0.15) is 11.5 Å². The van der Waals surface area contributed by atoms with Gasteiger partial charge in [-0.15, -0.1) is 0 Å². The van der Waals surface area contributed by atoms with Crippen molar-refractivity contribution >= 4 is 5.91 Å². The van der Waals surface area contributed by atoms with E-state index in [-0.39, 0.29) is 5.91 Å². The highest BCUT2D eigenvalue weighted by molar-refractivity contribution is 5.92. The number of hydrogen-bond acceptors (Lipinski definition) is 4. The number of piperidine rings is 1. The molecule has 25 heavy (non-hydrogen) atoms. The molecule has 0 aliphatic carbocycles. The third kappa shape index (κ3) is 4.10. The second-order valence-corrected chi connectivity index (χ2v) is 7.06. The molecule has 3 rings (SSSR count). The van der Waals surface area contributed by atoms with Crippen molar-refractivity contribution < 1.29 is 9.53 Å². The van der Waals surface area contributed by atoms with E-state index >= 15 is 0 Å². The Morgan fingerprint density at radius 2 is 2.32 bits per heavy atom. The first-order valence-corrected chi connectivity index (χ1v) is 8.92. The summed E-state index contributed by atoms with van der Waals surface area (Å²) < 4.78 is 7.33. The van der Waals surface area contributed by atoms with Crippen molar-refractivity contribution in [3.8, 4) is 0 Å². The molecular formula is C18H27N5O2. The van der Waals surface area contributed by atoms with Crippen molar-refractivity contribution in [3.05, 3.63) is 35.7 Å². The van der Waals surface area contributed by atoms with E-state index in [9.17, 15) is 4.79 Å². The summed E-state index contributed by atoms with van der Waals surface area (Å²) in [6.45, 7) is 7.11. The maximum absolute atomic E-state index is 12.7. The highest BCUT2D eigenvalue weighted by Crippen LogP contribution is 2.19. The monoisotopic (exact) mass is 345 g/mol. The first kappa shape index (κ1) is 17.7. The molecule has 7 nitrogen and oxygen atoms in total. The van der Waals surface area contributed by atoms with Crippen LogP contribution in [-0.4, -0.2) is 57.4 Å². The van der Waals surface area contributed by atoms with Gasteiger partial charge in [-0.1, -0.05) is 13.8 Å². The van der Waals surface area contributed by atoms with Crippen LogP contribution >= 0.6 is 0 Å². The average Bonchev–Trinajstić information content (AvgIpc) is 3.25. The second-order valence-electron chi connectivity index (χ2n) is 7.06. The van der Waals surface area contributed by atoms with Gasteiger partial charge < -0.3 is 14.2 Å². The fraction of sp³-hybridized carbons (Fsp3) is 0.611. The topological polar surface area (TPSA) is 76.0 Å². The number of methoxy groups -OCH3 is 1. The fourth-order valence-electron chi connectivity index (χ4n) is 3.47. The van der Waals surface area contributed by atoms with Crippen molar-refractivity contribution in [1.82, 2.24) is 24.6 Å². The van der Waals surface area contributed by atoms with Gasteiger partial charge in [-0.2, -0.15) is 5.10 Å². The molecule has 2 aromatic heterocycles. The summed E-state index contributed by atoms with van der Waals surface area (Å²) in [4.78, 5) is 19.0. The number of hydrogen-bond donors (Lipinski definition) is 1.